The van der Waals surface area contributed by atoms with E-state index in [1.807, 2.05) is 0 Å². The van der Waals surface area contributed by atoms with Gasteiger partial charge in [-0.05, 0) is 6.07 Å². The highest BCUT2D eigenvalue weighted by atomic mass is 35.5. The van der Waals surface area contributed by atoms with Gasteiger partial charge in [0, 0.05) is 17.3 Å². The van der Waals surface area contributed by atoms with Gasteiger partial charge in [0.25, 0.3) is 0 Å². The molecule has 1 aromatic carbocycles. The van der Waals surface area contributed by atoms with Crippen LogP contribution in [0.25, 0.3) is 11.1 Å². The maximum atomic E-state index is 11.9. The predicted octanol–water partition coefficient (Wildman–Crippen LogP) is 6.46. The lowest BCUT2D eigenvalue weighted by Crippen LogP contribution is -2.05. The number of hydrogen-bond donors (Lipinski definition) is 0. The van der Waals surface area contributed by atoms with Crippen LogP contribution in [0.3, 0.4) is 0 Å². The fourth-order valence-corrected chi connectivity index (χ4v) is 3.25. The van der Waals surface area contributed by atoms with Crippen LogP contribution in [0.1, 0.15) is 10.4 Å². The Balaban J connectivity index is 2.86. The predicted molar refractivity (Wildman–Crippen MR) is 91.1 cm³/mol. The van der Waals surface area contributed by atoms with Crippen molar-refractivity contribution in [2.45, 2.75) is 0 Å². The van der Waals surface area contributed by atoms with Gasteiger partial charge in [0.05, 0.1) is 37.8 Å². The Bertz CT molecular complexity index is 749. The van der Waals surface area contributed by atoms with Crippen molar-refractivity contribution in [3.05, 3.63) is 48.1 Å². The second-order valence-electron chi connectivity index (χ2n) is 3.99. The number of benzene rings is 1. The lowest BCUT2D eigenvalue weighted by molar-refractivity contribution is 0.0601. The van der Waals surface area contributed by atoms with Gasteiger partial charge in [-0.2, -0.15) is 0 Å². The molecule has 0 atom stereocenters. The van der Waals surface area contributed by atoms with Crippen molar-refractivity contribution in [2.75, 3.05) is 7.11 Å². The molecule has 0 fully saturated rings. The first-order valence-corrected chi connectivity index (χ1v) is 7.82. The Hall–Kier alpha value is -0.420. The van der Waals surface area contributed by atoms with E-state index >= 15 is 0 Å². The topological polar surface area (TPSA) is 39.2 Å². The zero-order valence-corrected chi connectivity index (χ0v) is 15.2. The molecule has 9 heteroatoms. The number of aromatic nitrogens is 1. The summed E-state index contributed by atoms with van der Waals surface area (Å²) in [4.78, 5) is 15.9. The lowest BCUT2D eigenvalue weighted by Gasteiger charge is -2.15. The van der Waals surface area contributed by atoms with Crippen LogP contribution in [-0.4, -0.2) is 18.1 Å². The lowest BCUT2D eigenvalue weighted by atomic mass is 10.0. The molecule has 0 spiro atoms. The average Bonchev–Trinajstić information content (AvgIpc) is 2.51. The molecule has 22 heavy (non-hydrogen) atoms. The first-order chi connectivity index (χ1) is 10.3. The highest BCUT2D eigenvalue weighted by Crippen LogP contribution is 2.48. The number of carbonyl (C=O) groups excluding carboxylic acids is 1. The van der Waals surface area contributed by atoms with E-state index < -0.39 is 5.97 Å². The van der Waals surface area contributed by atoms with Gasteiger partial charge in [-0.1, -0.05) is 69.6 Å². The molecule has 0 amide bonds. The highest BCUT2D eigenvalue weighted by Gasteiger charge is 2.24. The van der Waals surface area contributed by atoms with Gasteiger partial charge in [-0.15, -0.1) is 0 Å². The number of methoxy groups -OCH3 is 1. The smallest absolute Gasteiger partial charge is 0.338 e. The van der Waals surface area contributed by atoms with Crippen molar-refractivity contribution in [1.29, 1.82) is 0 Å². The number of carbonyl (C=O) groups is 1. The molecular formula is C13H5Cl6NO2. The maximum absolute atomic E-state index is 11.9. The molecule has 0 unspecified atom stereocenters. The molecule has 1 aromatic heterocycles. The average molecular weight is 420 g/mol. The van der Waals surface area contributed by atoms with Crippen molar-refractivity contribution in [1.82, 2.24) is 4.98 Å². The van der Waals surface area contributed by atoms with Gasteiger partial charge in [-0.25, -0.2) is 9.78 Å². The second kappa shape index (κ2) is 7.00. The van der Waals surface area contributed by atoms with Crippen molar-refractivity contribution >= 4 is 75.6 Å². The molecule has 0 aliphatic heterocycles. The minimum atomic E-state index is -0.645. The Kier molecular flexibility index (Phi) is 5.70. The fourth-order valence-electron chi connectivity index (χ4n) is 1.75. The van der Waals surface area contributed by atoms with E-state index in [2.05, 4.69) is 4.98 Å². The summed E-state index contributed by atoms with van der Waals surface area (Å²) in [5.41, 5.74) is 0.597. The number of ether oxygens (including phenoxy) is 1. The molecule has 2 rings (SSSR count). The molecule has 0 saturated heterocycles. The fraction of sp³-hybridized carbons (Fsp3) is 0.0769. The Morgan fingerprint density at radius 2 is 1.45 bits per heavy atom. The van der Waals surface area contributed by atoms with Crippen molar-refractivity contribution in [3.63, 3.8) is 0 Å². The molecule has 1 heterocycles. The summed E-state index contributed by atoms with van der Waals surface area (Å²) in [5, 5.41) is 0.217. The molecule has 0 saturated carbocycles. The van der Waals surface area contributed by atoms with Crippen LogP contribution in [0.5, 0.6) is 0 Å². The van der Waals surface area contributed by atoms with Crippen molar-refractivity contribution in [2.24, 2.45) is 0 Å². The van der Waals surface area contributed by atoms with Crippen molar-refractivity contribution < 1.29 is 9.53 Å². The molecular weight excluding hydrogens is 415 g/mol. The summed E-state index contributed by atoms with van der Waals surface area (Å²) >= 11 is 36.2. The molecule has 0 N–H and O–H groups in total. The van der Waals surface area contributed by atoms with Gasteiger partial charge in [0.15, 0.2) is 0 Å². The molecule has 116 valence electrons. The third-order valence-corrected chi connectivity index (χ3v) is 5.24. The van der Waals surface area contributed by atoms with Gasteiger partial charge < -0.3 is 4.74 Å². The summed E-state index contributed by atoms with van der Waals surface area (Å²) in [5.74, 6) is -0.645. The maximum Gasteiger partial charge on any atom is 0.338 e. The Morgan fingerprint density at radius 1 is 0.955 bits per heavy atom. The van der Waals surface area contributed by atoms with E-state index in [0.717, 1.165) is 0 Å². The largest absolute Gasteiger partial charge is 0.465 e. The molecule has 0 aliphatic rings. The first-order valence-electron chi connectivity index (χ1n) is 5.55. The van der Waals surface area contributed by atoms with Crippen LogP contribution in [0.4, 0.5) is 0 Å². The van der Waals surface area contributed by atoms with Gasteiger partial charge in [-0.3, -0.25) is 0 Å². The molecule has 0 radical (unpaired) electrons. The standard InChI is InChI=1S/C13H5Cl6NO2/c1-22-13(21)4-2-6(14)20-3-5(4)7-8(15)10(17)12(19)11(18)9(7)16/h2-3H,1H3. The monoisotopic (exact) mass is 417 g/mol. The van der Waals surface area contributed by atoms with E-state index in [1.165, 1.54) is 19.4 Å². The SMILES string of the molecule is COC(=O)c1cc(Cl)ncc1-c1c(Cl)c(Cl)c(Cl)c(Cl)c1Cl. The Morgan fingerprint density at radius 3 is 1.95 bits per heavy atom. The van der Waals surface area contributed by atoms with Crippen LogP contribution in [-0.2, 0) is 4.74 Å². The van der Waals surface area contributed by atoms with E-state index in [4.69, 9.17) is 74.3 Å². The van der Waals surface area contributed by atoms with E-state index in [9.17, 15) is 4.79 Å². The zero-order chi connectivity index (χ0) is 16.6. The third kappa shape index (κ3) is 3.12. The molecule has 2 aromatic rings. The van der Waals surface area contributed by atoms with Gasteiger partial charge >= 0.3 is 5.97 Å². The van der Waals surface area contributed by atoms with Crippen molar-refractivity contribution in [3.8, 4) is 11.1 Å². The second-order valence-corrected chi connectivity index (χ2v) is 6.27. The van der Waals surface area contributed by atoms with Gasteiger partial charge in [0.2, 0.25) is 0 Å². The summed E-state index contributed by atoms with van der Waals surface area (Å²) in [6.07, 6.45) is 1.32. The van der Waals surface area contributed by atoms with E-state index in [1.54, 1.807) is 0 Å². The Labute approximate surface area is 156 Å². The van der Waals surface area contributed by atoms with Crippen LogP contribution in [0.15, 0.2) is 12.3 Å². The minimum absolute atomic E-state index is 0.0125. The summed E-state index contributed by atoms with van der Waals surface area (Å²) in [6.45, 7) is 0. The summed E-state index contributed by atoms with van der Waals surface area (Å²) < 4.78 is 4.71. The number of hydrogen-bond acceptors (Lipinski definition) is 3. The molecule has 0 bridgehead atoms. The number of nitrogens with zero attached hydrogens (tertiary/aromatic N) is 1. The zero-order valence-electron chi connectivity index (χ0n) is 10.7. The normalized spacial score (nSPS) is 10.7. The van der Waals surface area contributed by atoms with E-state index in [0.29, 0.717) is 0 Å². The van der Waals surface area contributed by atoms with Crippen LogP contribution in [0, 0.1) is 0 Å². The minimum Gasteiger partial charge on any atom is -0.465 e. The number of pyridine rings is 1. The van der Waals surface area contributed by atoms with Crippen LogP contribution in [0.2, 0.25) is 30.3 Å². The van der Waals surface area contributed by atoms with Gasteiger partial charge in [0.1, 0.15) is 5.15 Å². The third-order valence-electron chi connectivity index (χ3n) is 2.76. The van der Waals surface area contributed by atoms with E-state index in [-0.39, 0.29) is 47.0 Å². The first kappa shape index (κ1) is 17.9. The van der Waals surface area contributed by atoms with Crippen LogP contribution < -0.4 is 0 Å². The summed E-state index contributed by atoms with van der Waals surface area (Å²) in [7, 11) is 1.23. The van der Waals surface area contributed by atoms with Crippen LogP contribution >= 0.6 is 69.6 Å². The molecule has 0 aliphatic carbocycles. The number of rotatable bonds is 2. The summed E-state index contributed by atoms with van der Waals surface area (Å²) in [6, 6.07) is 1.33. The molecule has 3 nitrogen and oxygen atoms in total. The quantitative estimate of drug-likeness (QED) is 0.243. The number of esters is 1. The number of halogens is 6. The highest BCUT2D eigenvalue weighted by molar-refractivity contribution is 6.56.